The van der Waals surface area contributed by atoms with E-state index >= 15 is 0 Å². The molecule has 0 bridgehead atoms. The lowest BCUT2D eigenvalue weighted by atomic mass is 10.0. The molecule has 0 saturated heterocycles. The van der Waals surface area contributed by atoms with Gasteiger partial charge in [0.05, 0.1) is 6.61 Å². The van der Waals surface area contributed by atoms with Crippen molar-refractivity contribution >= 4 is 0 Å². The Hall–Kier alpha value is -0.940. The molecule has 120 valence electrons. The third-order valence-corrected chi connectivity index (χ3v) is 4.44. The maximum absolute atomic E-state index is 5.45. The number of ether oxygens (including phenoxy) is 1. The van der Waals surface area contributed by atoms with E-state index in [1.165, 1.54) is 25.7 Å². The van der Waals surface area contributed by atoms with Gasteiger partial charge < -0.3 is 14.6 Å². The fourth-order valence-electron chi connectivity index (χ4n) is 3.15. The first kappa shape index (κ1) is 16.4. The lowest BCUT2D eigenvalue weighted by molar-refractivity contribution is 0.161. The summed E-state index contributed by atoms with van der Waals surface area (Å²) in [7, 11) is 1.73. The van der Waals surface area contributed by atoms with Crippen LogP contribution in [0.25, 0.3) is 0 Å². The first-order valence-electron chi connectivity index (χ1n) is 8.31. The van der Waals surface area contributed by atoms with Crippen LogP contribution in [0.1, 0.15) is 63.6 Å². The summed E-state index contributed by atoms with van der Waals surface area (Å²) >= 11 is 0. The van der Waals surface area contributed by atoms with Crippen molar-refractivity contribution in [2.45, 2.75) is 64.3 Å². The Morgan fingerprint density at radius 3 is 2.90 bits per heavy atom. The Bertz CT molecular complexity index is 408. The summed E-state index contributed by atoms with van der Waals surface area (Å²) in [6, 6.07) is 0.246. The van der Waals surface area contributed by atoms with E-state index in [2.05, 4.69) is 29.3 Å². The van der Waals surface area contributed by atoms with Gasteiger partial charge in [-0.05, 0) is 38.1 Å². The smallest absolute Gasteiger partial charge is 0.228 e. The summed E-state index contributed by atoms with van der Waals surface area (Å²) in [5.74, 6) is 2.98. The molecule has 0 aliphatic heterocycles. The Morgan fingerprint density at radius 1 is 1.38 bits per heavy atom. The fourth-order valence-corrected chi connectivity index (χ4v) is 3.15. The maximum atomic E-state index is 5.45. The molecule has 0 aromatic carbocycles. The second-order valence-corrected chi connectivity index (χ2v) is 6.14. The molecule has 1 aromatic rings. The molecule has 3 unspecified atom stereocenters. The van der Waals surface area contributed by atoms with Crippen molar-refractivity contribution in [1.82, 2.24) is 15.5 Å². The van der Waals surface area contributed by atoms with E-state index < -0.39 is 0 Å². The van der Waals surface area contributed by atoms with E-state index in [1.54, 1.807) is 7.11 Å². The van der Waals surface area contributed by atoms with Crippen LogP contribution < -0.4 is 5.32 Å². The van der Waals surface area contributed by atoms with Gasteiger partial charge in [-0.2, -0.15) is 4.98 Å². The second kappa shape index (κ2) is 8.49. The number of hydrogen-bond acceptors (Lipinski definition) is 5. The van der Waals surface area contributed by atoms with Crippen molar-refractivity contribution in [3.63, 3.8) is 0 Å². The molecule has 0 spiro atoms. The highest BCUT2D eigenvalue weighted by atomic mass is 16.5. The predicted molar refractivity (Wildman–Crippen MR) is 82.3 cm³/mol. The quantitative estimate of drug-likeness (QED) is 0.759. The molecule has 21 heavy (non-hydrogen) atoms. The second-order valence-electron chi connectivity index (χ2n) is 6.14. The average Bonchev–Trinajstić information content (AvgIpc) is 3.13. The summed E-state index contributed by atoms with van der Waals surface area (Å²) in [4.78, 5) is 4.62. The van der Waals surface area contributed by atoms with Gasteiger partial charge in [-0.3, -0.25) is 0 Å². The molecule has 1 heterocycles. The van der Waals surface area contributed by atoms with Crippen molar-refractivity contribution in [3.05, 3.63) is 11.7 Å². The van der Waals surface area contributed by atoms with Crippen LogP contribution in [0.3, 0.4) is 0 Å². The molecule has 3 atom stereocenters. The molecule has 0 amide bonds. The van der Waals surface area contributed by atoms with Gasteiger partial charge >= 0.3 is 0 Å². The van der Waals surface area contributed by atoms with Crippen molar-refractivity contribution in [2.75, 3.05) is 20.3 Å². The molecule has 2 rings (SSSR count). The summed E-state index contributed by atoms with van der Waals surface area (Å²) < 4.78 is 10.7. The van der Waals surface area contributed by atoms with Crippen LogP contribution in [0.2, 0.25) is 0 Å². The topological polar surface area (TPSA) is 60.2 Å². The standard InChI is InChI=1S/C16H29N3O2/c1-4-8-17-14(11-20-3)10-15-18-16(19-21-15)13-7-6-12(5-2)9-13/h12-14,17H,4-11H2,1-3H3. The number of methoxy groups -OCH3 is 1. The Morgan fingerprint density at radius 2 is 2.24 bits per heavy atom. The van der Waals surface area contributed by atoms with Crippen LogP contribution in [-0.2, 0) is 11.2 Å². The van der Waals surface area contributed by atoms with Gasteiger partial charge in [0.25, 0.3) is 0 Å². The van der Waals surface area contributed by atoms with Crippen LogP contribution in [0.5, 0.6) is 0 Å². The van der Waals surface area contributed by atoms with Gasteiger partial charge in [-0.25, -0.2) is 0 Å². The minimum atomic E-state index is 0.246. The molecule has 1 saturated carbocycles. The molecule has 1 aromatic heterocycles. The molecule has 1 aliphatic rings. The molecule has 1 N–H and O–H groups in total. The molecular weight excluding hydrogens is 266 g/mol. The zero-order valence-electron chi connectivity index (χ0n) is 13.6. The number of aromatic nitrogens is 2. The monoisotopic (exact) mass is 295 g/mol. The SMILES string of the molecule is CCCNC(COC)Cc1nc(C2CCC(CC)C2)no1. The largest absolute Gasteiger partial charge is 0.383 e. The van der Waals surface area contributed by atoms with E-state index in [4.69, 9.17) is 9.26 Å². The highest BCUT2D eigenvalue weighted by molar-refractivity contribution is 5.00. The minimum Gasteiger partial charge on any atom is -0.383 e. The summed E-state index contributed by atoms with van der Waals surface area (Å²) in [5.41, 5.74) is 0. The van der Waals surface area contributed by atoms with Crippen molar-refractivity contribution in [2.24, 2.45) is 5.92 Å². The molecule has 5 heteroatoms. The van der Waals surface area contributed by atoms with Crippen LogP contribution >= 0.6 is 0 Å². The van der Waals surface area contributed by atoms with Crippen molar-refractivity contribution in [1.29, 1.82) is 0 Å². The Balaban J connectivity index is 1.89. The Kier molecular flexibility index (Phi) is 6.64. The lowest BCUT2D eigenvalue weighted by Crippen LogP contribution is -2.35. The first-order chi connectivity index (χ1) is 10.3. The van der Waals surface area contributed by atoms with Gasteiger partial charge in [0, 0.05) is 25.5 Å². The van der Waals surface area contributed by atoms with Crippen LogP contribution in [-0.4, -0.2) is 36.4 Å². The minimum absolute atomic E-state index is 0.246. The van der Waals surface area contributed by atoms with Gasteiger partial charge in [-0.15, -0.1) is 0 Å². The number of rotatable bonds is 9. The fraction of sp³-hybridized carbons (Fsp3) is 0.875. The molecule has 1 fully saturated rings. The van der Waals surface area contributed by atoms with E-state index in [0.29, 0.717) is 12.5 Å². The molecule has 5 nitrogen and oxygen atoms in total. The molecule has 1 aliphatic carbocycles. The van der Waals surface area contributed by atoms with E-state index in [-0.39, 0.29) is 6.04 Å². The normalized spacial score (nSPS) is 23.6. The number of nitrogens with zero attached hydrogens (tertiary/aromatic N) is 2. The average molecular weight is 295 g/mol. The lowest BCUT2D eigenvalue weighted by Gasteiger charge is -2.15. The van der Waals surface area contributed by atoms with E-state index in [0.717, 1.165) is 37.0 Å². The highest BCUT2D eigenvalue weighted by Crippen LogP contribution is 2.38. The third-order valence-electron chi connectivity index (χ3n) is 4.44. The van der Waals surface area contributed by atoms with Crippen LogP contribution in [0.4, 0.5) is 0 Å². The van der Waals surface area contributed by atoms with Gasteiger partial charge in [-0.1, -0.05) is 25.4 Å². The Labute approximate surface area is 127 Å². The van der Waals surface area contributed by atoms with Gasteiger partial charge in [0.15, 0.2) is 5.82 Å². The summed E-state index contributed by atoms with van der Waals surface area (Å²) in [6.45, 7) is 6.07. The zero-order chi connectivity index (χ0) is 15.1. The maximum Gasteiger partial charge on any atom is 0.228 e. The molecular formula is C16H29N3O2. The van der Waals surface area contributed by atoms with Crippen molar-refractivity contribution < 1.29 is 9.26 Å². The van der Waals surface area contributed by atoms with E-state index in [1.807, 2.05) is 0 Å². The third kappa shape index (κ3) is 4.78. The number of nitrogens with one attached hydrogen (secondary N) is 1. The van der Waals surface area contributed by atoms with Crippen LogP contribution in [0.15, 0.2) is 4.52 Å². The zero-order valence-corrected chi connectivity index (χ0v) is 13.6. The van der Waals surface area contributed by atoms with E-state index in [9.17, 15) is 0 Å². The summed E-state index contributed by atoms with van der Waals surface area (Å²) in [6.07, 6.45) is 6.83. The predicted octanol–water partition coefficient (Wildman–Crippen LogP) is 2.92. The van der Waals surface area contributed by atoms with Crippen LogP contribution in [0, 0.1) is 5.92 Å². The summed E-state index contributed by atoms with van der Waals surface area (Å²) in [5, 5.41) is 7.67. The van der Waals surface area contributed by atoms with Gasteiger partial charge in [0.1, 0.15) is 0 Å². The van der Waals surface area contributed by atoms with Gasteiger partial charge in [0.2, 0.25) is 5.89 Å². The van der Waals surface area contributed by atoms with Crippen molar-refractivity contribution in [3.8, 4) is 0 Å². The molecule has 0 radical (unpaired) electrons. The number of hydrogen-bond donors (Lipinski definition) is 1. The highest BCUT2D eigenvalue weighted by Gasteiger charge is 2.28. The first-order valence-corrected chi connectivity index (χ1v) is 8.31.